The van der Waals surface area contributed by atoms with Crippen LogP contribution < -0.4 is 16.4 Å². The van der Waals surface area contributed by atoms with Crippen LogP contribution in [-0.4, -0.2) is 31.8 Å². The summed E-state index contributed by atoms with van der Waals surface area (Å²) in [6.07, 6.45) is 5.16. The molecule has 0 bridgehead atoms. The zero-order chi connectivity index (χ0) is 23.4. The monoisotopic (exact) mass is 440 g/mol. The van der Waals surface area contributed by atoms with Crippen molar-refractivity contribution < 1.29 is 4.79 Å². The molecule has 0 saturated heterocycles. The molecule has 0 radical (unpaired) electrons. The van der Waals surface area contributed by atoms with Gasteiger partial charge in [0.2, 0.25) is 11.9 Å². The van der Waals surface area contributed by atoms with Gasteiger partial charge in [-0.2, -0.15) is 5.26 Å². The van der Waals surface area contributed by atoms with E-state index in [0.29, 0.717) is 23.8 Å². The smallest absolute Gasteiger partial charge is 0.231 e. The van der Waals surface area contributed by atoms with Crippen molar-refractivity contribution in [1.82, 2.24) is 24.7 Å². The summed E-state index contributed by atoms with van der Waals surface area (Å²) in [5.41, 5.74) is 10.7. The van der Waals surface area contributed by atoms with Crippen LogP contribution in [0, 0.1) is 18.3 Å². The predicted molar refractivity (Wildman–Crippen MR) is 125 cm³/mol. The normalized spacial score (nSPS) is 11.8. The average Bonchev–Trinajstić information content (AvgIpc) is 3.24. The van der Waals surface area contributed by atoms with E-state index in [-0.39, 0.29) is 18.5 Å². The zero-order valence-electron chi connectivity index (χ0n) is 18.4. The highest BCUT2D eigenvalue weighted by molar-refractivity contribution is 5.75. The number of amides is 1. The van der Waals surface area contributed by atoms with Crippen LogP contribution >= 0.6 is 0 Å². The van der Waals surface area contributed by atoms with E-state index < -0.39 is 0 Å². The number of carbonyl (C=O) groups is 1. The Morgan fingerprint density at radius 2 is 2.00 bits per heavy atom. The number of carbonyl (C=O) groups excluding carboxylic acids is 1. The van der Waals surface area contributed by atoms with Gasteiger partial charge >= 0.3 is 0 Å². The lowest BCUT2D eigenvalue weighted by Crippen LogP contribution is -2.28. The number of nitrogens with zero attached hydrogens (tertiary/aromatic N) is 5. The van der Waals surface area contributed by atoms with Crippen molar-refractivity contribution in [2.75, 3.05) is 11.9 Å². The summed E-state index contributed by atoms with van der Waals surface area (Å²) in [6, 6.07) is 14.0. The number of nitrogens with one attached hydrogen (secondary N) is 2. The summed E-state index contributed by atoms with van der Waals surface area (Å²) in [7, 11) is 0. The van der Waals surface area contributed by atoms with E-state index in [1.807, 2.05) is 60.8 Å². The number of aromatic nitrogens is 4. The molecule has 0 spiro atoms. The first kappa shape index (κ1) is 21.9. The second-order valence-electron chi connectivity index (χ2n) is 7.77. The van der Waals surface area contributed by atoms with Gasteiger partial charge in [-0.1, -0.05) is 30.3 Å². The van der Waals surface area contributed by atoms with Crippen molar-refractivity contribution in [2.45, 2.75) is 26.4 Å². The van der Waals surface area contributed by atoms with Crippen molar-refractivity contribution in [3.63, 3.8) is 0 Å². The van der Waals surface area contributed by atoms with Gasteiger partial charge in [0.15, 0.2) is 0 Å². The number of nitriles is 1. The van der Waals surface area contributed by atoms with Gasteiger partial charge in [-0.25, -0.2) is 15.0 Å². The van der Waals surface area contributed by atoms with Crippen LogP contribution in [0.25, 0.3) is 17.0 Å². The molecule has 0 aliphatic carbocycles. The lowest BCUT2D eigenvalue weighted by molar-refractivity contribution is -0.117. The van der Waals surface area contributed by atoms with Crippen LogP contribution in [0.4, 0.5) is 5.95 Å². The maximum Gasteiger partial charge on any atom is 0.231 e. The highest BCUT2D eigenvalue weighted by atomic mass is 16.1. The Hall–Kier alpha value is -4.29. The highest BCUT2D eigenvalue weighted by Gasteiger charge is 2.16. The van der Waals surface area contributed by atoms with Gasteiger partial charge in [0.05, 0.1) is 36.2 Å². The molecule has 1 aromatic carbocycles. The number of anilines is 1. The molecule has 0 aliphatic rings. The van der Waals surface area contributed by atoms with E-state index in [9.17, 15) is 10.1 Å². The predicted octanol–water partition coefficient (Wildman–Crippen LogP) is 2.72. The topological polar surface area (TPSA) is 134 Å². The number of fused-ring (bicyclic) bond motifs is 1. The molecule has 1 atom stereocenters. The number of nitrogens with two attached hydrogens (primary N) is 1. The van der Waals surface area contributed by atoms with Crippen molar-refractivity contribution in [1.29, 1.82) is 5.26 Å². The van der Waals surface area contributed by atoms with Gasteiger partial charge in [-0.3, -0.25) is 9.20 Å². The van der Waals surface area contributed by atoms with E-state index in [4.69, 9.17) is 5.73 Å². The fourth-order valence-corrected chi connectivity index (χ4v) is 3.59. The van der Waals surface area contributed by atoms with Crippen molar-refractivity contribution in [2.24, 2.45) is 5.73 Å². The van der Waals surface area contributed by atoms with E-state index in [1.54, 1.807) is 6.20 Å². The third-order valence-electron chi connectivity index (χ3n) is 5.34. The van der Waals surface area contributed by atoms with Crippen LogP contribution in [0.3, 0.4) is 0 Å². The molecule has 166 valence electrons. The Kier molecular flexibility index (Phi) is 6.29. The third kappa shape index (κ3) is 4.81. The van der Waals surface area contributed by atoms with E-state index in [2.05, 4.69) is 31.7 Å². The minimum atomic E-state index is -0.384. The van der Waals surface area contributed by atoms with E-state index in [0.717, 1.165) is 28.0 Å². The molecule has 4 N–H and O–H groups in total. The lowest BCUT2D eigenvalue weighted by atomic mass is 10.1. The van der Waals surface area contributed by atoms with E-state index >= 15 is 0 Å². The molecular weight excluding hydrogens is 416 g/mol. The number of primary amides is 1. The van der Waals surface area contributed by atoms with Gasteiger partial charge in [-0.15, -0.1) is 0 Å². The number of hydrogen-bond acceptors (Lipinski definition) is 7. The minimum absolute atomic E-state index is 0.0668. The molecule has 9 heteroatoms. The van der Waals surface area contributed by atoms with Gasteiger partial charge in [0.1, 0.15) is 17.4 Å². The Morgan fingerprint density at radius 1 is 1.21 bits per heavy atom. The van der Waals surface area contributed by atoms with Gasteiger partial charge < -0.3 is 16.4 Å². The Bertz CT molecular complexity index is 1340. The Morgan fingerprint density at radius 3 is 2.73 bits per heavy atom. The number of benzene rings is 1. The van der Waals surface area contributed by atoms with Crippen LogP contribution in [0.1, 0.15) is 35.2 Å². The molecule has 9 nitrogen and oxygen atoms in total. The number of hydrogen-bond donors (Lipinski definition) is 3. The molecular formula is C24H24N8O. The van der Waals surface area contributed by atoms with Crippen LogP contribution in [0.5, 0.6) is 0 Å². The van der Waals surface area contributed by atoms with Crippen molar-refractivity contribution in [3.05, 3.63) is 77.2 Å². The maximum atomic E-state index is 10.8. The summed E-state index contributed by atoms with van der Waals surface area (Å²) in [5, 5.41) is 15.9. The minimum Gasteiger partial charge on any atom is -0.369 e. The maximum absolute atomic E-state index is 10.8. The molecule has 0 unspecified atom stereocenters. The van der Waals surface area contributed by atoms with Gasteiger partial charge in [0.25, 0.3) is 0 Å². The molecule has 3 aromatic heterocycles. The fourth-order valence-electron chi connectivity index (χ4n) is 3.59. The van der Waals surface area contributed by atoms with Crippen LogP contribution in [0.15, 0.2) is 55.0 Å². The summed E-state index contributed by atoms with van der Waals surface area (Å²) in [6.45, 7) is 4.71. The average molecular weight is 441 g/mol. The number of rotatable bonds is 8. The number of aryl methyl sites for hydroxylation is 1. The molecule has 0 saturated carbocycles. The third-order valence-corrected chi connectivity index (χ3v) is 5.34. The van der Waals surface area contributed by atoms with Crippen LogP contribution in [-0.2, 0) is 11.3 Å². The summed E-state index contributed by atoms with van der Waals surface area (Å²) < 4.78 is 1.93. The molecule has 0 fully saturated rings. The zero-order valence-corrected chi connectivity index (χ0v) is 18.4. The Balaban J connectivity index is 1.55. The molecule has 0 aliphatic heterocycles. The SMILES string of the molecule is Cc1cccn2c(-c3nc(N[C@@H](C)c4ccc(CNCC(N)=O)cc4)ncc3C#N)cnc12. The molecule has 3 heterocycles. The molecule has 33 heavy (non-hydrogen) atoms. The second kappa shape index (κ2) is 9.46. The van der Waals surface area contributed by atoms with Crippen molar-refractivity contribution in [3.8, 4) is 17.5 Å². The highest BCUT2D eigenvalue weighted by Crippen LogP contribution is 2.25. The number of imidazole rings is 1. The standard InChI is InChI=1S/C24H24N8O/c1-15-4-3-9-32-20(13-28-23(15)32)22-19(10-25)12-29-24(31-22)30-16(2)18-7-5-17(6-8-18)11-27-14-21(26)33/h3-9,12-13,16,27H,11,14H2,1-2H3,(H2,26,33)(H,29,30,31)/t16-/m0/s1. The largest absolute Gasteiger partial charge is 0.369 e. The number of pyridine rings is 1. The first-order valence-electron chi connectivity index (χ1n) is 10.5. The van der Waals surface area contributed by atoms with Crippen LogP contribution in [0.2, 0.25) is 0 Å². The second-order valence-corrected chi connectivity index (χ2v) is 7.77. The van der Waals surface area contributed by atoms with Crippen molar-refractivity contribution >= 4 is 17.5 Å². The summed E-state index contributed by atoms with van der Waals surface area (Å²) in [5.74, 6) is 0.0385. The first-order chi connectivity index (χ1) is 16.0. The van der Waals surface area contributed by atoms with Gasteiger partial charge in [-0.05, 0) is 36.6 Å². The Labute approximate surface area is 191 Å². The van der Waals surface area contributed by atoms with Gasteiger partial charge in [0, 0.05) is 12.7 Å². The first-order valence-corrected chi connectivity index (χ1v) is 10.5. The lowest BCUT2D eigenvalue weighted by Gasteiger charge is -2.16. The molecule has 4 aromatic rings. The molecule has 4 rings (SSSR count). The summed E-state index contributed by atoms with van der Waals surface area (Å²) >= 11 is 0. The van der Waals surface area contributed by atoms with E-state index in [1.165, 1.54) is 6.20 Å². The quantitative estimate of drug-likeness (QED) is 0.383. The fraction of sp³-hybridized carbons (Fsp3) is 0.208. The molecule has 1 amide bonds. The summed E-state index contributed by atoms with van der Waals surface area (Å²) in [4.78, 5) is 24.3.